The minimum Gasteiger partial charge on any atom is -0.493 e. The summed E-state index contributed by atoms with van der Waals surface area (Å²) in [5.41, 5.74) is 0.755. The van der Waals surface area contributed by atoms with Crippen LogP contribution in [0.5, 0.6) is 5.75 Å². The molecule has 1 aliphatic heterocycles. The monoisotopic (exact) mass is 274 g/mol. The van der Waals surface area contributed by atoms with Gasteiger partial charge in [-0.3, -0.25) is 4.79 Å². The molecule has 4 nitrogen and oxygen atoms in total. The second kappa shape index (κ2) is 6.27. The van der Waals surface area contributed by atoms with Crippen LogP contribution >= 0.6 is 0 Å². The summed E-state index contributed by atoms with van der Waals surface area (Å²) in [6.45, 7) is 4.32. The van der Waals surface area contributed by atoms with E-state index in [4.69, 9.17) is 4.74 Å². The Balaban J connectivity index is 1.58. The van der Waals surface area contributed by atoms with Gasteiger partial charge in [0.2, 0.25) is 0 Å². The molecule has 1 amide bonds. The predicted octanol–water partition coefficient (Wildman–Crippen LogP) is 1.91. The zero-order chi connectivity index (χ0) is 13.8. The lowest BCUT2D eigenvalue weighted by Crippen LogP contribution is -2.34. The fourth-order valence-electron chi connectivity index (χ4n) is 2.42. The normalized spacial score (nSPS) is 19.5. The first-order valence-electron chi connectivity index (χ1n) is 7.56. The van der Waals surface area contributed by atoms with E-state index in [2.05, 4.69) is 5.32 Å². The summed E-state index contributed by atoms with van der Waals surface area (Å²) in [6.07, 6.45) is 3.60. The van der Waals surface area contributed by atoms with Crippen molar-refractivity contribution in [2.45, 2.75) is 19.3 Å². The number of carbonyl (C=O) groups is 1. The molecule has 2 aliphatic rings. The second-order valence-corrected chi connectivity index (χ2v) is 5.67. The van der Waals surface area contributed by atoms with Crippen molar-refractivity contribution in [3.8, 4) is 5.75 Å². The largest absolute Gasteiger partial charge is 0.493 e. The van der Waals surface area contributed by atoms with Crippen molar-refractivity contribution in [2.24, 2.45) is 5.92 Å². The smallest absolute Gasteiger partial charge is 0.253 e. The van der Waals surface area contributed by atoms with Crippen molar-refractivity contribution in [3.63, 3.8) is 0 Å². The summed E-state index contributed by atoms with van der Waals surface area (Å²) >= 11 is 0. The van der Waals surface area contributed by atoms with Crippen LogP contribution in [0.2, 0.25) is 0 Å². The number of carbonyl (C=O) groups excluding carboxylic acids is 1. The third kappa shape index (κ3) is 3.51. The van der Waals surface area contributed by atoms with Gasteiger partial charge in [-0.15, -0.1) is 0 Å². The topological polar surface area (TPSA) is 41.6 Å². The van der Waals surface area contributed by atoms with Crippen LogP contribution in [0.4, 0.5) is 0 Å². The molecule has 3 rings (SSSR count). The SMILES string of the molecule is O=C(c1ccc(OCC2CC2)cc1)N1CCCNCC1. The van der Waals surface area contributed by atoms with Gasteiger partial charge in [-0.1, -0.05) is 0 Å². The zero-order valence-corrected chi connectivity index (χ0v) is 11.8. The molecule has 0 atom stereocenters. The average molecular weight is 274 g/mol. The van der Waals surface area contributed by atoms with E-state index in [1.54, 1.807) is 0 Å². The van der Waals surface area contributed by atoms with Crippen molar-refractivity contribution in [3.05, 3.63) is 29.8 Å². The first-order valence-corrected chi connectivity index (χ1v) is 7.56. The number of rotatable bonds is 4. The van der Waals surface area contributed by atoms with E-state index in [1.165, 1.54) is 12.8 Å². The van der Waals surface area contributed by atoms with Gasteiger partial charge < -0.3 is 15.0 Å². The Morgan fingerprint density at radius 3 is 2.75 bits per heavy atom. The fraction of sp³-hybridized carbons (Fsp3) is 0.562. The van der Waals surface area contributed by atoms with Crippen LogP contribution in [0.25, 0.3) is 0 Å². The lowest BCUT2D eigenvalue weighted by molar-refractivity contribution is 0.0766. The van der Waals surface area contributed by atoms with Gasteiger partial charge in [0.15, 0.2) is 0 Å². The Bertz CT molecular complexity index is 446. The molecule has 2 fully saturated rings. The molecule has 1 heterocycles. The molecule has 0 unspecified atom stereocenters. The van der Waals surface area contributed by atoms with Gasteiger partial charge >= 0.3 is 0 Å². The summed E-state index contributed by atoms with van der Waals surface area (Å²) in [4.78, 5) is 14.3. The van der Waals surface area contributed by atoms with E-state index in [0.29, 0.717) is 0 Å². The fourth-order valence-corrected chi connectivity index (χ4v) is 2.42. The van der Waals surface area contributed by atoms with E-state index >= 15 is 0 Å². The van der Waals surface area contributed by atoms with Crippen molar-refractivity contribution >= 4 is 5.91 Å². The highest BCUT2D eigenvalue weighted by molar-refractivity contribution is 5.94. The minimum absolute atomic E-state index is 0.127. The van der Waals surface area contributed by atoms with Gasteiger partial charge in [0.05, 0.1) is 6.61 Å². The third-order valence-electron chi connectivity index (χ3n) is 3.91. The van der Waals surface area contributed by atoms with Crippen molar-refractivity contribution in [2.75, 3.05) is 32.8 Å². The first-order chi connectivity index (χ1) is 9.83. The highest BCUT2D eigenvalue weighted by Gasteiger charge is 2.22. The lowest BCUT2D eigenvalue weighted by atomic mass is 10.2. The Kier molecular flexibility index (Phi) is 4.21. The zero-order valence-electron chi connectivity index (χ0n) is 11.8. The van der Waals surface area contributed by atoms with Crippen LogP contribution in [-0.4, -0.2) is 43.6 Å². The van der Waals surface area contributed by atoms with Gasteiger partial charge in [0, 0.05) is 25.2 Å². The molecular weight excluding hydrogens is 252 g/mol. The van der Waals surface area contributed by atoms with E-state index in [-0.39, 0.29) is 5.91 Å². The van der Waals surface area contributed by atoms with Gasteiger partial charge in [0.25, 0.3) is 5.91 Å². The van der Waals surface area contributed by atoms with Gasteiger partial charge in [0.1, 0.15) is 5.75 Å². The van der Waals surface area contributed by atoms with Crippen LogP contribution < -0.4 is 10.1 Å². The molecule has 0 spiro atoms. The van der Waals surface area contributed by atoms with Gasteiger partial charge in [-0.05, 0) is 56.0 Å². The molecule has 0 bridgehead atoms. The second-order valence-electron chi connectivity index (χ2n) is 5.67. The van der Waals surface area contributed by atoms with E-state index in [9.17, 15) is 4.79 Å². The number of nitrogens with one attached hydrogen (secondary N) is 1. The van der Waals surface area contributed by atoms with E-state index < -0.39 is 0 Å². The first kappa shape index (κ1) is 13.4. The maximum Gasteiger partial charge on any atom is 0.253 e. The molecule has 1 aromatic rings. The average Bonchev–Trinajstić information content (AvgIpc) is 3.31. The maximum atomic E-state index is 12.4. The van der Waals surface area contributed by atoms with Crippen LogP contribution in [-0.2, 0) is 0 Å². The number of benzene rings is 1. The van der Waals surface area contributed by atoms with Crippen molar-refractivity contribution in [1.82, 2.24) is 10.2 Å². The maximum absolute atomic E-state index is 12.4. The molecule has 1 aliphatic carbocycles. The number of nitrogens with zero attached hydrogens (tertiary/aromatic N) is 1. The molecule has 108 valence electrons. The quantitative estimate of drug-likeness (QED) is 0.912. The minimum atomic E-state index is 0.127. The van der Waals surface area contributed by atoms with Crippen LogP contribution in [0.15, 0.2) is 24.3 Å². The van der Waals surface area contributed by atoms with Crippen molar-refractivity contribution < 1.29 is 9.53 Å². The van der Waals surface area contributed by atoms with Crippen LogP contribution in [0, 0.1) is 5.92 Å². The molecule has 1 saturated carbocycles. The summed E-state index contributed by atoms with van der Waals surface area (Å²) in [5, 5.41) is 3.31. The Morgan fingerprint density at radius 1 is 1.20 bits per heavy atom. The van der Waals surface area contributed by atoms with Crippen LogP contribution in [0.1, 0.15) is 29.6 Å². The molecule has 4 heteroatoms. The number of amides is 1. The third-order valence-corrected chi connectivity index (χ3v) is 3.91. The highest BCUT2D eigenvalue weighted by Crippen LogP contribution is 2.29. The molecule has 20 heavy (non-hydrogen) atoms. The summed E-state index contributed by atoms with van der Waals surface area (Å²) in [5.74, 6) is 1.74. The van der Waals surface area contributed by atoms with Gasteiger partial charge in [-0.2, -0.15) is 0 Å². The van der Waals surface area contributed by atoms with Crippen LogP contribution in [0.3, 0.4) is 0 Å². The molecule has 1 aromatic carbocycles. The summed E-state index contributed by atoms with van der Waals surface area (Å²) < 4.78 is 5.70. The number of hydrogen-bond acceptors (Lipinski definition) is 3. The summed E-state index contributed by atoms with van der Waals surface area (Å²) in [6, 6.07) is 7.57. The van der Waals surface area contributed by atoms with E-state index in [1.807, 2.05) is 29.2 Å². The lowest BCUT2D eigenvalue weighted by Gasteiger charge is -2.20. The molecule has 1 N–H and O–H groups in total. The summed E-state index contributed by atoms with van der Waals surface area (Å²) in [7, 11) is 0. The predicted molar refractivity (Wildman–Crippen MR) is 78.1 cm³/mol. The molecule has 0 aromatic heterocycles. The molecule has 1 saturated heterocycles. The van der Waals surface area contributed by atoms with Gasteiger partial charge in [-0.25, -0.2) is 0 Å². The highest BCUT2D eigenvalue weighted by atomic mass is 16.5. The Labute approximate surface area is 120 Å². The van der Waals surface area contributed by atoms with E-state index in [0.717, 1.165) is 56.4 Å². The Morgan fingerprint density at radius 2 is 2.00 bits per heavy atom. The number of hydrogen-bond donors (Lipinski definition) is 1. The molecular formula is C16H22N2O2. The standard InChI is InChI=1S/C16H22N2O2/c19-16(18-10-1-8-17-9-11-18)14-4-6-15(7-5-14)20-12-13-2-3-13/h4-7,13,17H,1-3,8-12H2. The molecule has 0 radical (unpaired) electrons. The van der Waals surface area contributed by atoms with Crippen molar-refractivity contribution in [1.29, 1.82) is 0 Å². The number of ether oxygens (including phenoxy) is 1. The Hall–Kier alpha value is -1.55.